The SMILES string of the molecule is CCCC(C)n1ccnc1.O=C(O)C(O)c1ccccc1. The number of carboxylic acid groups (broad SMARTS) is 1. The van der Waals surface area contributed by atoms with E-state index in [-0.39, 0.29) is 0 Å². The molecule has 0 fully saturated rings. The summed E-state index contributed by atoms with van der Waals surface area (Å²) >= 11 is 0. The van der Waals surface area contributed by atoms with Gasteiger partial charge in [-0.2, -0.15) is 0 Å². The fraction of sp³-hybridized carbons (Fsp3) is 0.375. The molecule has 0 aliphatic carbocycles. The topological polar surface area (TPSA) is 75.4 Å². The van der Waals surface area contributed by atoms with Crippen LogP contribution in [0.1, 0.15) is 44.4 Å². The minimum absolute atomic E-state index is 0.403. The highest BCUT2D eigenvalue weighted by atomic mass is 16.4. The molecule has 0 aliphatic rings. The predicted molar refractivity (Wildman–Crippen MR) is 80.9 cm³/mol. The summed E-state index contributed by atoms with van der Waals surface area (Å²) in [6.07, 6.45) is 6.78. The Balaban J connectivity index is 0.000000211. The number of hydrogen-bond acceptors (Lipinski definition) is 3. The molecule has 2 rings (SSSR count). The van der Waals surface area contributed by atoms with Gasteiger partial charge in [0.1, 0.15) is 0 Å². The summed E-state index contributed by atoms with van der Waals surface area (Å²) in [6.45, 7) is 4.42. The molecule has 1 heterocycles. The molecule has 0 saturated carbocycles. The number of rotatable bonds is 5. The normalized spacial score (nSPS) is 12.9. The molecule has 2 N–H and O–H groups in total. The van der Waals surface area contributed by atoms with Crippen LogP contribution in [0.25, 0.3) is 0 Å². The second-order valence-electron chi connectivity index (χ2n) is 4.80. The number of hydrogen-bond donors (Lipinski definition) is 2. The maximum atomic E-state index is 10.2. The van der Waals surface area contributed by atoms with Crippen LogP contribution < -0.4 is 0 Å². The smallest absolute Gasteiger partial charge is 0.337 e. The van der Waals surface area contributed by atoms with Crippen LogP contribution in [0.2, 0.25) is 0 Å². The van der Waals surface area contributed by atoms with E-state index >= 15 is 0 Å². The molecule has 5 heteroatoms. The van der Waals surface area contributed by atoms with Crippen LogP contribution in [0.15, 0.2) is 49.1 Å². The number of aromatic nitrogens is 2. The van der Waals surface area contributed by atoms with Crippen molar-refractivity contribution in [1.29, 1.82) is 0 Å². The van der Waals surface area contributed by atoms with E-state index in [0.29, 0.717) is 11.6 Å². The van der Waals surface area contributed by atoms with Crippen molar-refractivity contribution in [3.05, 3.63) is 54.6 Å². The summed E-state index contributed by atoms with van der Waals surface area (Å²) in [6, 6.07) is 8.87. The number of imidazole rings is 1. The molecule has 5 nitrogen and oxygen atoms in total. The Kier molecular flexibility index (Phi) is 7.18. The van der Waals surface area contributed by atoms with Crippen molar-refractivity contribution < 1.29 is 15.0 Å². The summed E-state index contributed by atoms with van der Waals surface area (Å²) in [5, 5.41) is 17.4. The molecule has 21 heavy (non-hydrogen) atoms. The third kappa shape index (κ3) is 5.79. The first kappa shape index (κ1) is 16.9. The largest absolute Gasteiger partial charge is 0.479 e. The minimum Gasteiger partial charge on any atom is -0.479 e. The molecule has 2 aromatic rings. The Hall–Kier alpha value is -2.14. The number of benzene rings is 1. The first-order chi connectivity index (χ1) is 10.1. The fourth-order valence-electron chi connectivity index (χ4n) is 1.87. The molecule has 0 bridgehead atoms. The molecular formula is C16H22N2O3. The minimum atomic E-state index is -1.41. The van der Waals surface area contributed by atoms with Crippen LogP contribution in [-0.4, -0.2) is 25.7 Å². The van der Waals surface area contributed by atoms with Gasteiger partial charge in [-0.25, -0.2) is 9.78 Å². The van der Waals surface area contributed by atoms with Gasteiger partial charge in [0.25, 0.3) is 0 Å². The van der Waals surface area contributed by atoms with Crippen LogP contribution in [-0.2, 0) is 4.79 Å². The van der Waals surface area contributed by atoms with Crippen molar-refractivity contribution in [2.24, 2.45) is 0 Å². The second kappa shape index (κ2) is 8.92. The van der Waals surface area contributed by atoms with Gasteiger partial charge in [-0.3, -0.25) is 0 Å². The van der Waals surface area contributed by atoms with Gasteiger partial charge in [0, 0.05) is 18.4 Å². The third-order valence-electron chi connectivity index (χ3n) is 3.09. The summed E-state index contributed by atoms with van der Waals surface area (Å²) in [7, 11) is 0. The van der Waals surface area contributed by atoms with E-state index in [1.165, 1.54) is 12.8 Å². The predicted octanol–water partition coefficient (Wildman–Crippen LogP) is 3.05. The van der Waals surface area contributed by atoms with Gasteiger partial charge in [-0.1, -0.05) is 43.7 Å². The van der Waals surface area contributed by atoms with E-state index in [0.717, 1.165) is 0 Å². The van der Waals surface area contributed by atoms with Gasteiger partial charge in [0.05, 0.1) is 6.33 Å². The van der Waals surface area contributed by atoms with Crippen molar-refractivity contribution in [2.45, 2.75) is 38.8 Å². The molecule has 0 spiro atoms. The average molecular weight is 290 g/mol. The van der Waals surface area contributed by atoms with Gasteiger partial charge < -0.3 is 14.8 Å². The summed E-state index contributed by atoms with van der Waals surface area (Å²) in [5.41, 5.74) is 0.403. The summed E-state index contributed by atoms with van der Waals surface area (Å²) in [5.74, 6) is -1.23. The van der Waals surface area contributed by atoms with E-state index in [1.54, 1.807) is 30.3 Å². The van der Waals surface area contributed by atoms with Crippen LogP contribution in [0.4, 0.5) is 0 Å². The number of aliphatic hydroxyl groups is 1. The molecule has 0 aliphatic heterocycles. The van der Waals surface area contributed by atoms with Crippen molar-refractivity contribution >= 4 is 5.97 Å². The van der Waals surface area contributed by atoms with Gasteiger partial charge in [-0.15, -0.1) is 0 Å². The highest BCUT2D eigenvalue weighted by Crippen LogP contribution is 2.11. The molecule has 0 amide bonds. The quantitative estimate of drug-likeness (QED) is 0.887. The van der Waals surface area contributed by atoms with Crippen LogP contribution in [0.5, 0.6) is 0 Å². The highest BCUT2D eigenvalue weighted by Gasteiger charge is 2.14. The first-order valence-corrected chi connectivity index (χ1v) is 6.99. The van der Waals surface area contributed by atoms with Crippen LogP contribution >= 0.6 is 0 Å². The second-order valence-corrected chi connectivity index (χ2v) is 4.80. The van der Waals surface area contributed by atoms with Crippen molar-refractivity contribution in [1.82, 2.24) is 9.55 Å². The Morgan fingerprint density at radius 2 is 2.00 bits per heavy atom. The summed E-state index contributed by atoms with van der Waals surface area (Å²) in [4.78, 5) is 14.2. The molecule has 1 aromatic heterocycles. The molecule has 114 valence electrons. The Labute approximate surface area is 124 Å². The van der Waals surface area contributed by atoms with Gasteiger partial charge in [0.2, 0.25) is 0 Å². The molecule has 0 saturated heterocycles. The third-order valence-corrected chi connectivity index (χ3v) is 3.09. The first-order valence-electron chi connectivity index (χ1n) is 6.99. The Morgan fingerprint density at radius 3 is 2.48 bits per heavy atom. The lowest BCUT2D eigenvalue weighted by atomic mass is 10.1. The van der Waals surface area contributed by atoms with E-state index in [2.05, 4.69) is 23.4 Å². The molecule has 1 aromatic carbocycles. The Bertz CT molecular complexity index is 512. The number of nitrogens with zero attached hydrogens (tertiary/aromatic N) is 2. The number of aliphatic hydroxyl groups excluding tert-OH is 1. The molecule has 2 atom stereocenters. The van der Waals surface area contributed by atoms with E-state index in [1.807, 2.05) is 18.7 Å². The molecule has 0 radical (unpaired) electrons. The summed E-state index contributed by atoms with van der Waals surface area (Å²) < 4.78 is 2.14. The van der Waals surface area contributed by atoms with Gasteiger partial charge >= 0.3 is 5.97 Å². The maximum absolute atomic E-state index is 10.2. The van der Waals surface area contributed by atoms with E-state index in [9.17, 15) is 4.79 Å². The van der Waals surface area contributed by atoms with Crippen LogP contribution in [0, 0.1) is 0 Å². The maximum Gasteiger partial charge on any atom is 0.337 e. The lowest BCUT2D eigenvalue weighted by Crippen LogP contribution is -2.09. The molecule has 2 unspecified atom stereocenters. The van der Waals surface area contributed by atoms with Crippen LogP contribution in [0.3, 0.4) is 0 Å². The number of aliphatic carboxylic acids is 1. The zero-order chi connectivity index (χ0) is 15.7. The lowest BCUT2D eigenvalue weighted by Gasteiger charge is -2.10. The fourth-order valence-corrected chi connectivity index (χ4v) is 1.87. The lowest BCUT2D eigenvalue weighted by molar-refractivity contribution is -0.146. The zero-order valence-corrected chi connectivity index (χ0v) is 12.4. The standard InChI is InChI=1S/C8H14N2.C8H8O3/c1-3-4-8(2)10-6-5-9-7-10;9-7(8(10)11)6-4-2-1-3-5-6/h5-8H,3-4H2,1-2H3;1-5,7,9H,(H,10,11). The number of carbonyl (C=O) groups is 1. The van der Waals surface area contributed by atoms with Gasteiger partial charge in [-0.05, 0) is 18.9 Å². The van der Waals surface area contributed by atoms with E-state index < -0.39 is 12.1 Å². The van der Waals surface area contributed by atoms with Gasteiger partial charge in [0.15, 0.2) is 6.10 Å². The van der Waals surface area contributed by atoms with E-state index in [4.69, 9.17) is 10.2 Å². The van der Waals surface area contributed by atoms with Crippen molar-refractivity contribution in [2.75, 3.05) is 0 Å². The van der Waals surface area contributed by atoms with Crippen molar-refractivity contribution in [3.8, 4) is 0 Å². The Morgan fingerprint density at radius 1 is 1.33 bits per heavy atom. The average Bonchev–Trinajstić information content (AvgIpc) is 3.02. The monoisotopic (exact) mass is 290 g/mol. The zero-order valence-electron chi connectivity index (χ0n) is 12.4. The number of carboxylic acids is 1. The highest BCUT2D eigenvalue weighted by molar-refractivity contribution is 5.73. The molecular weight excluding hydrogens is 268 g/mol. The van der Waals surface area contributed by atoms with Crippen molar-refractivity contribution in [3.63, 3.8) is 0 Å².